The highest BCUT2D eigenvalue weighted by atomic mass is 19.4. The Bertz CT molecular complexity index is 829. The molecule has 27 heavy (non-hydrogen) atoms. The third-order valence-corrected chi connectivity index (χ3v) is 4.63. The number of aliphatic hydroxyl groups is 1. The highest BCUT2D eigenvalue weighted by Gasteiger charge is 2.31. The van der Waals surface area contributed by atoms with E-state index in [0.29, 0.717) is 25.2 Å². The van der Waals surface area contributed by atoms with E-state index in [-0.39, 0.29) is 5.75 Å². The number of halogens is 3. The number of hydrogen-bond donors (Lipinski definition) is 2. The molecular weight excluding hydrogens is 357 g/mol. The third kappa shape index (κ3) is 4.30. The van der Waals surface area contributed by atoms with E-state index in [2.05, 4.69) is 10.2 Å². The summed E-state index contributed by atoms with van der Waals surface area (Å²) in [4.78, 5) is 2.10. The second-order valence-electron chi connectivity index (χ2n) is 7.31. The van der Waals surface area contributed by atoms with Gasteiger partial charge in [0.05, 0.1) is 36.3 Å². The Morgan fingerprint density at radius 1 is 1.15 bits per heavy atom. The molecule has 146 valence electrons. The maximum atomic E-state index is 13.0. The summed E-state index contributed by atoms with van der Waals surface area (Å²) < 4.78 is 44.1. The van der Waals surface area contributed by atoms with Gasteiger partial charge in [0.1, 0.15) is 5.75 Å². The molecule has 2 N–H and O–H groups in total. The molecule has 0 aromatic heterocycles. The van der Waals surface area contributed by atoms with E-state index in [9.17, 15) is 18.3 Å². The molecule has 0 unspecified atom stereocenters. The average Bonchev–Trinajstić information content (AvgIpc) is 3.00. The van der Waals surface area contributed by atoms with Crippen LogP contribution in [-0.4, -0.2) is 31.0 Å². The summed E-state index contributed by atoms with van der Waals surface area (Å²) in [5.74, 6) is 0.179. The number of fused-ring (bicyclic) bond motifs is 1. The van der Waals surface area contributed by atoms with Gasteiger partial charge in [-0.1, -0.05) is 12.1 Å². The monoisotopic (exact) mass is 380 g/mol. The van der Waals surface area contributed by atoms with Gasteiger partial charge in [0, 0.05) is 12.1 Å². The lowest BCUT2D eigenvalue weighted by Crippen LogP contribution is -2.30. The zero-order chi connectivity index (χ0) is 19.8. The molecule has 0 spiro atoms. The first kappa shape index (κ1) is 19.4. The number of nitrogens with one attached hydrogen (secondary N) is 1. The molecule has 0 saturated carbocycles. The van der Waals surface area contributed by atoms with Crippen LogP contribution in [-0.2, 0) is 6.18 Å². The first-order valence-corrected chi connectivity index (χ1v) is 8.69. The summed E-state index contributed by atoms with van der Waals surface area (Å²) in [6.45, 7) is 4.82. The number of rotatable bonds is 5. The minimum absolute atomic E-state index is 0.179. The van der Waals surface area contributed by atoms with E-state index in [1.165, 1.54) is 13.2 Å². The molecule has 0 fully saturated rings. The van der Waals surface area contributed by atoms with Gasteiger partial charge in [-0.3, -0.25) is 0 Å². The second-order valence-corrected chi connectivity index (χ2v) is 7.31. The van der Waals surface area contributed by atoms with Crippen molar-refractivity contribution in [1.82, 2.24) is 0 Å². The largest absolute Gasteiger partial charge is 0.496 e. The Labute approximate surface area is 156 Å². The van der Waals surface area contributed by atoms with Crippen LogP contribution in [0.2, 0.25) is 0 Å². The van der Waals surface area contributed by atoms with Gasteiger partial charge in [-0.05, 0) is 50.1 Å². The van der Waals surface area contributed by atoms with Gasteiger partial charge in [0.2, 0.25) is 0 Å². The molecule has 0 bridgehead atoms. The Morgan fingerprint density at radius 2 is 1.89 bits per heavy atom. The van der Waals surface area contributed by atoms with E-state index in [0.717, 1.165) is 29.1 Å². The van der Waals surface area contributed by atoms with Gasteiger partial charge in [0.25, 0.3) is 0 Å². The third-order valence-electron chi connectivity index (χ3n) is 4.63. The number of nitrogens with zero attached hydrogens (tertiary/aromatic N) is 1. The first-order chi connectivity index (χ1) is 12.6. The average molecular weight is 380 g/mol. The molecule has 2 aromatic carbocycles. The predicted octanol–water partition coefficient (Wildman–Crippen LogP) is 4.73. The van der Waals surface area contributed by atoms with Crippen molar-refractivity contribution in [2.24, 2.45) is 0 Å². The van der Waals surface area contributed by atoms with E-state index in [1.54, 1.807) is 13.8 Å². The van der Waals surface area contributed by atoms with Crippen molar-refractivity contribution in [2.45, 2.75) is 32.0 Å². The van der Waals surface area contributed by atoms with Crippen LogP contribution in [0.5, 0.6) is 5.75 Å². The molecule has 1 aliphatic rings. The van der Waals surface area contributed by atoms with Crippen molar-refractivity contribution in [3.05, 3.63) is 42.0 Å². The van der Waals surface area contributed by atoms with Crippen molar-refractivity contribution >= 4 is 11.4 Å². The fraction of sp³-hybridized carbons (Fsp3) is 0.400. The fourth-order valence-electron chi connectivity index (χ4n) is 3.09. The zero-order valence-corrected chi connectivity index (χ0v) is 15.5. The SMILES string of the molecule is COc1cc(C(F)(F)F)ccc1-c1ccc2c(c1)N(CCC(C)(C)O)CN2. The van der Waals surface area contributed by atoms with E-state index < -0.39 is 17.3 Å². The van der Waals surface area contributed by atoms with Crippen LogP contribution in [0.3, 0.4) is 0 Å². The highest BCUT2D eigenvalue weighted by Crippen LogP contribution is 2.40. The van der Waals surface area contributed by atoms with Gasteiger partial charge in [-0.15, -0.1) is 0 Å². The van der Waals surface area contributed by atoms with Crippen LogP contribution < -0.4 is 15.0 Å². The number of methoxy groups -OCH3 is 1. The maximum Gasteiger partial charge on any atom is 0.416 e. The van der Waals surface area contributed by atoms with E-state index in [1.807, 2.05) is 18.2 Å². The highest BCUT2D eigenvalue weighted by molar-refractivity contribution is 5.83. The summed E-state index contributed by atoms with van der Waals surface area (Å²) in [7, 11) is 1.36. The van der Waals surface area contributed by atoms with Gasteiger partial charge < -0.3 is 20.1 Å². The molecule has 1 heterocycles. The molecule has 2 aromatic rings. The van der Waals surface area contributed by atoms with Crippen LogP contribution in [0, 0.1) is 0 Å². The van der Waals surface area contributed by atoms with Crippen molar-refractivity contribution < 1.29 is 23.0 Å². The number of alkyl halides is 3. The molecule has 0 radical (unpaired) electrons. The van der Waals surface area contributed by atoms with Crippen LogP contribution in [0.1, 0.15) is 25.8 Å². The zero-order valence-electron chi connectivity index (χ0n) is 15.5. The Kier molecular flexibility index (Phi) is 4.99. The lowest BCUT2D eigenvalue weighted by atomic mass is 10.0. The molecule has 0 aliphatic carbocycles. The van der Waals surface area contributed by atoms with Gasteiger partial charge in [-0.2, -0.15) is 13.2 Å². The summed E-state index contributed by atoms with van der Waals surface area (Å²) in [5.41, 5.74) is 1.78. The second kappa shape index (κ2) is 6.96. The lowest BCUT2D eigenvalue weighted by molar-refractivity contribution is -0.137. The molecule has 4 nitrogen and oxygen atoms in total. The molecule has 0 amide bonds. The summed E-state index contributed by atoms with van der Waals surface area (Å²) in [5, 5.41) is 13.3. The Morgan fingerprint density at radius 3 is 2.52 bits per heavy atom. The molecular formula is C20H23F3N2O2. The molecule has 1 aliphatic heterocycles. The summed E-state index contributed by atoms with van der Waals surface area (Å²) >= 11 is 0. The minimum atomic E-state index is -4.42. The van der Waals surface area contributed by atoms with Crippen molar-refractivity contribution in [2.75, 3.05) is 30.5 Å². The van der Waals surface area contributed by atoms with Gasteiger partial charge in [-0.25, -0.2) is 0 Å². The fourth-order valence-corrected chi connectivity index (χ4v) is 3.09. The standard InChI is InChI=1S/C20H23F3N2O2/c1-19(2,26)8-9-25-12-24-16-7-4-13(10-17(16)25)15-6-5-14(20(21,22)23)11-18(15)27-3/h4-7,10-11,24,26H,8-9,12H2,1-3H3. The maximum absolute atomic E-state index is 13.0. The summed E-state index contributed by atoms with van der Waals surface area (Å²) in [6.07, 6.45) is -3.82. The van der Waals surface area contributed by atoms with Crippen LogP contribution >= 0.6 is 0 Å². The van der Waals surface area contributed by atoms with Crippen LogP contribution in [0.15, 0.2) is 36.4 Å². The smallest absolute Gasteiger partial charge is 0.416 e. The van der Waals surface area contributed by atoms with E-state index >= 15 is 0 Å². The Balaban J connectivity index is 1.93. The first-order valence-electron chi connectivity index (χ1n) is 8.69. The van der Waals surface area contributed by atoms with Crippen LogP contribution in [0.25, 0.3) is 11.1 Å². The van der Waals surface area contributed by atoms with Gasteiger partial charge >= 0.3 is 6.18 Å². The van der Waals surface area contributed by atoms with E-state index in [4.69, 9.17) is 4.74 Å². The predicted molar refractivity (Wildman–Crippen MR) is 100 cm³/mol. The topological polar surface area (TPSA) is 44.7 Å². The van der Waals surface area contributed by atoms with Gasteiger partial charge in [0.15, 0.2) is 0 Å². The molecule has 0 atom stereocenters. The Hall–Kier alpha value is -2.41. The molecule has 3 rings (SSSR count). The molecule has 7 heteroatoms. The molecule has 0 saturated heterocycles. The lowest BCUT2D eigenvalue weighted by Gasteiger charge is -2.24. The van der Waals surface area contributed by atoms with Crippen LogP contribution in [0.4, 0.5) is 24.5 Å². The van der Waals surface area contributed by atoms with Crippen molar-refractivity contribution in [3.63, 3.8) is 0 Å². The number of benzene rings is 2. The quantitative estimate of drug-likeness (QED) is 0.787. The summed E-state index contributed by atoms with van der Waals surface area (Å²) in [6, 6.07) is 9.22. The normalized spacial score (nSPS) is 14.1. The minimum Gasteiger partial charge on any atom is -0.496 e. The number of anilines is 2. The number of ether oxygens (including phenoxy) is 1. The number of hydrogen-bond acceptors (Lipinski definition) is 4. The van der Waals surface area contributed by atoms with Crippen molar-refractivity contribution in [3.8, 4) is 16.9 Å². The van der Waals surface area contributed by atoms with Crippen molar-refractivity contribution in [1.29, 1.82) is 0 Å².